The molecule has 0 saturated carbocycles. The highest BCUT2D eigenvalue weighted by atomic mass is 32.2. The van der Waals surface area contributed by atoms with Crippen LogP contribution in [0.2, 0.25) is 0 Å². The minimum atomic E-state index is -2.81. The summed E-state index contributed by atoms with van der Waals surface area (Å²) >= 11 is 5.62. The predicted octanol–water partition coefficient (Wildman–Crippen LogP) is 1.47. The number of hydrogen-bond acceptors (Lipinski definition) is 5. The minimum Gasteiger partial charge on any atom is -0.320 e. The van der Waals surface area contributed by atoms with E-state index >= 15 is 0 Å². The lowest BCUT2D eigenvalue weighted by Crippen LogP contribution is -2.50. The van der Waals surface area contributed by atoms with Crippen molar-refractivity contribution in [2.24, 2.45) is 7.05 Å². The molecule has 0 spiro atoms. The molecule has 1 unspecified atom stereocenters. The molecule has 136 valence electrons. The molecule has 6 nitrogen and oxygen atoms in total. The van der Waals surface area contributed by atoms with Gasteiger partial charge in [-0.1, -0.05) is 12.1 Å². The lowest BCUT2D eigenvalue weighted by Gasteiger charge is -2.37. The second kappa shape index (κ2) is 6.50. The van der Waals surface area contributed by atoms with Crippen molar-refractivity contribution in [3.63, 3.8) is 0 Å². The Bertz CT molecular complexity index is 939. The first kappa shape index (κ1) is 17.2. The van der Waals surface area contributed by atoms with E-state index in [4.69, 9.17) is 12.2 Å². The van der Waals surface area contributed by atoms with Gasteiger partial charge in [0.15, 0.2) is 14.6 Å². The molecule has 1 atom stereocenters. The lowest BCUT2D eigenvalue weighted by atomic mass is 10.2. The first-order valence-corrected chi connectivity index (χ1v) is 11.0. The van der Waals surface area contributed by atoms with E-state index in [0.29, 0.717) is 11.5 Å². The molecule has 2 aliphatic heterocycles. The zero-order chi connectivity index (χ0) is 17.6. The summed E-state index contributed by atoms with van der Waals surface area (Å²) in [4.78, 5) is 4.76. The number of rotatable bonds is 3. The maximum absolute atomic E-state index is 11.7. The number of benzene rings is 1. The van der Waals surface area contributed by atoms with Gasteiger partial charge in [-0.2, -0.15) is 0 Å². The van der Waals surface area contributed by atoms with Crippen LogP contribution in [0.3, 0.4) is 0 Å². The first-order valence-electron chi connectivity index (χ1n) is 8.76. The number of imidazole rings is 1. The zero-order valence-corrected chi connectivity index (χ0v) is 16.1. The van der Waals surface area contributed by atoms with Crippen molar-refractivity contribution in [3.05, 3.63) is 29.0 Å². The standard InChI is InChI=1S/C17H24N4O2S2/c1-18-15-4-2-3-5-16(15)21(17(18)24)13-19-7-9-20(10-8-19)14-6-11-25(22,23)12-14/h2-5,14H,6-13H2,1H3. The van der Waals surface area contributed by atoms with Crippen molar-refractivity contribution in [3.8, 4) is 0 Å². The summed E-state index contributed by atoms with van der Waals surface area (Å²) in [6.45, 7) is 4.54. The molecule has 0 aliphatic carbocycles. The van der Waals surface area contributed by atoms with E-state index in [1.807, 2.05) is 19.2 Å². The average molecular weight is 381 g/mol. The Kier molecular flexibility index (Phi) is 4.47. The maximum Gasteiger partial charge on any atom is 0.181 e. The van der Waals surface area contributed by atoms with Crippen LogP contribution in [0.15, 0.2) is 24.3 Å². The molecule has 8 heteroatoms. The van der Waals surface area contributed by atoms with Crippen LogP contribution in [-0.2, 0) is 23.6 Å². The van der Waals surface area contributed by atoms with Crippen LogP contribution in [-0.4, -0.2) is 71.1 Å². The summed E-state index contributed by atoms with van der Waals surface area (Å²) in [6, 6.07) is 8.51. The second-order valence-electron chi connectivity index (χ2n) is 7.11. The van der Waals surface area contributed by atoms with E-state index < -0.39 is 9.84 Å². The summed E-state index contributed by atoms with van der Waals surface area (Å²) in [5.74, 6) is 0.685. The van der Waals surface area contributed by atoms with Crippen LogP contribution in [0.5, 0.6) is 0 Å². The fourth-order valence-electron chi connectivity index (χ4n) is 4.03. The minimum absolute atomic E-state index is 0.215. The van der Waals surface area contributed by atoms with Crippen molar-refractivity contribution in [2.75, 3.05) is 37.7 Å². The van der Waals surface area contributed by atoms with E-state index in [-0.39, 0.29) is 6.04 Å². The Morgan fingerprint density at radius 3 is 2.44 bits per heavy atom. The van der Waals surface area contributed by atoms with Crippen LogP contribution in [0.1, 0.15) is 6.42 Å². The molecule has 2 aliphatic rings. The van der Waals surface area contributed by atoms with E-state index in [1.165, 1.54) is 5.52 Å². The topological polar surface area (TPSA) is 50.5 Å². The summed E-state index contributed by atoms with van der Waals surface area (Å²) in [5, 5.41) is 0. The van der Waals surface area contributed by atoms with Gasteiger partial charge in [-0.05, 0) is 30.8 Å². The second-order valence-corrected chi connectivity index (χ2v) is 9.70. The Morgan fingerprint density at radius 2 is 1.80 bits per heavy atom. The molecule has 1 aromatic carbocycles. The van der Waals surface area contributed by atoms with Gasteiger partial charge in [-0.25, -0.2) is 8.42 Å². The van der Waals surface area contributed by atoms with Gasteiger partial charge in [0.1, 0.15) is 0 Å². The van der Waals surface area contributed by atoms with E-state index in [9.17, 15) is 8.42 Å². The van der Waals surface area contributed by atoms with Crippen LogP contribution >= 0.6 is 12.2 Å². The first-order chi connectivity index (χ1) is 11.9. The van der Waals surface area contributed by atoms with Gasteiger partial charge in [0.2, 0.25) is 0 Å². The zero-order valence-electron chi connectivity index (χ0n) is 14.5. The molecular weight excluding hydrogens is 356 g/mol. The molecule has 0 amide bonds. The normalized spacial score (nSPS) is 24.9. The smallest absolute Gasteiger partial charge is 0.181 e. The van der Waals surface area contributed by atoms with Gasteiger partial charge in [0.25, 0.3) is 0 Å². The van der Waals surface area contributed by atoms with Gasteiger partial charge in [0, 0.05) is 39.3 Å². The van der Waals surface area contributed by atoms with Gasteiger partial charge in [-0.3, -0.25) is 9.80 Å². The van der Waals surface area contributed by atoms with Crippen LogP contribution in [0.25, 0.3) is 11.0 Å². The number of piperazine rings is 1. The molecule has 3 heterocycles. The molecule has 1 aromatic heterocycles. The van der Waals surface area contributed by atoms with Crippen molar-refractivity contribution >= 4 is 33.1 Å². The van der Waals surface area contributed by atoms with Crippen molar-refractivity contribution < 1.29 is 8.42 Å². The number of sulfone groups is 1. The highest BCUT2D eigenvalue weighted by Crippen LogP contribution is 2.21. The quantitative estimate of drug-likeness (QED) is 0.755. The molecule has 0 radical (unpaired) electrons. The third-order valence-electron chi connectivity index (χ3n) is 5.52. The molecule has 2 saturated heterocycles. The number of aromatic nitrogens is 2. The number of fused-ring (bicyclic) bond motifs is 1. The molecule has 4 rings (SSSR count). The number of para-hydroxylation sites is 2. The Balaban J connectivity index is 1.45. The summed E-state index contributed by atoms with van der Waals surface area (Å²) < 4.78 is 28.5. The average Bonchev–Trinajstić information content (AvgIpc) is 3.09. The van der Waals surface area contributed by atoms with Crippen molar-refractivity contribution in [1.82, 2.24) is 18.9 Å². The summed E-state index contributed by atoms with van der Waals surface area (Å²) in [6.07, 6.45) is 0.788. The van der Waals surface area contributed by atoms with E-state index in [0.717, 1.165) is 49.6 Å². The largest absolute Gasteiger partial charge is 0.320 e. The molecule has 0 bridgehead atoms. The van der Waals surface area contributed by atoms with Crippen molar-refractivity contribution in [1.29, 1.82) is 0 Å². The van der Waals surface area contributed by atoms with Crippen LogP contribution in [0.4, 0.5) is 0 Å². The van der Waals surface area contributed by atoms with Gasteiger partial charge >= 0.3 is 0 Å². The summed E-state index contributed by atoms with van der Waals surface area (Å²) in [5.41, 5.74) is 2.32. The number of nitrogens with zero attached hydrogens (tertiary/aromatic N) is 4. The molecule has 0 N–H and O–H groups in total. The van der Waals surface area contributed by atoms with Crippen molar-refractivity contribution in [2.45, 2.75) is 19.1 Å². The number of aryl methyl sites for hydroxylation is 1. The Morgan fingerprint density at radius 1 is 1.12 bits per heavy atom. The monoisotopic (exact) mass is 380 g/mol. The number of hydrogen-bond donors (Lipinski definition) is 0. The van der Waals surface area contributed by atoms with Gasteiger partial charge in [0.05, 0.1) is 29.2 Å². The van der Waals surface area contributed by atoms with E-state index in [2.05, 4.69) is 31.1 Å². The van der Waals surface area contributed by atoms with Crippen LogP contribution < -0.4 is 0 Å². The van der Waals surface area contributed by atoms with Gasteiger partial charge < -0.3 is 9.13 Å². The Hall–Kier alpha value is -1.22. The summed E-state index contributed by atoms with van der Waals surface area (Å²) in [7, 11) is -0.796. The predicted molar refractivity (Wildman–Crippen MR) is 102 cm³/mol. The van der Waals surface area contributed by atoms with Crippen LogP contribution in [0, 0.1) is 4.77 Å². The van der Waals surface area contributed by atoms with E-state index in [1.54, 1.807) is 0 Å². The SMILES string of the molecule is Cn1c(=S)n(CN2CCN(C3CCS(=O)(=O)C3)CC2)c2ccccc21. The maximum atomic E-state index is 11.7. The fourth-order valence-corrected chi connectivity index (χ4v) is 6.05. The molecular formula is C17H24N4O2S2. The van der Waals surface area contributed by atoms with Gasteiger partial charge in [-0.15, -0.1) is 0 Å². The fraction of sp³-hybridized carbons (Fsp3) is 0.588. The Labute approximate surface area is 153 Å². The third kappa shape index (κ3) is 3.28. The molecule has 2 fully saturated rings. The highest BCUT2D eigenvalue weighted by molar-refractivity contribution is 7.91. The molecule has 25 heavy (non-hydrogen) atoms. The third-order valence-corrected chi connectivity index (χ3v) is 7.77. The lowest BCUT2D eigenvalue weighted by molar-refractivity contribution is 0.0852. The highest BCUT2D eigenvalue weighted by Gasteiger charge is 2.33. The molecule has 2 aromatic rings.